The van der Waals surface area contributed by atoms with Crippen LogP contribution in [0.3, 0.4) is 0 Å². The highest BCUT2D eigenvalue weighted by Crippen LogP contribution is 2.45. The summed E-state index contributed by atoms with van der Waals surface area (Å²) in [6.45, 7) is 10.4. The van der Waals surface area contributed by atoms with Crippen LogP contribution in [0.25, 0.3) is 16.3 Å². The molecule has 3 rings (SSSR count). The molecule has 2 aromatic rings. The fourth-order valence-electron chi connectivity index (χ4n) is 5.09. The van der Waals surface area contributed by atoms with Crippen LogP contribution in [-0.4, -0.2) is 18.7 Å². The maximum atomic E-state index is 9.91. The lowest BCUT2D eigenvalue weighted by atomic mass is 9.88. The van der Waals surface area contributed by atoms with E-state index in [0.29, 0.717) is 5.57 Å². The zero-order valence-corrected chi connectivity index (χ0v) is 22.7. The van der Waals surface area contributed by atoms with Crippen molar-refractivity contribution in [2.45, 2.75) is 84.7 Å². The Morgan fingerprint density at radius 2 is 1.41 bits per heavy atom. The van der Waals surface area contributed by atoms with Gasteiger partial charge in [0.2, 0.25) is 0 Å². The largest absolute Gasteiger partial charge is 0.480 e. The van der Waals surface area contributed by atoms with Crippen molar-refractivity contribution >= 4 is 22.0 Å². The van der Waals surface area contributed by atoms with E-state index in [0.717, 1.165) is 29.4 Å². The number of hydrogen-bond donors (Lipinski definition) is 0. The van der Waals surface area contributed by atoms with E-state index in [9.17, 15) is 15.8 Å². The van der Waals surface area contributed by atoms with E-state index >= 15 is 0 Å². The number of rotatable bonds is 12. The third kappa shape index (κ3) is 6.53. The normalized spacial score (nSPS) is 14.1. The SMILES string of the molecule is CCCCCCN(CCCCCC)c1ccc2cc(C3=C(C#N)C(=C(C#N)C#N)OC3(C)C)ccc2c1. The molecule has 0 amide bonds. The topological polar surface area (TPSA) is 83.8 Å². The van der Waals surface area contributed by atoms with Crippen LogP contribution in [0.5, 0.6) is 0 Å². The summed E-state index contributed by atoms with van der Waals surface area (Å²) in [6.07, 6.45) is 10.0. The molecule has 0 atom stereocenters. The molecular weight excluding hydrogens is 456 g/mol. The number of hydrogen-bond acceptors (Lipinski definition) is 5. The second-order valence-corrected chi connectivity index (χ2v) is 10.3. The Balaban J connectivity index is 1.96. The van der Waals surface area contributed by atoms with Gasteiger partial charge in [0.1, 0.15) is 29.4 Å². The third-order valence-corrected chi connectivity index (χ3v) is 7.04. The molecule has 0 N–H and O–H groups in total. The molecule has 2 aromatic carbocycles. The minimum absolute atomic E-state index is 0.0738. The second kappa shape index (κ2) is 13.0. The van der Waals surface area contributed by atoms with Crippen LogP contribution in [0.4, 0.5) is 5.69 Å². The predicted molar refractivity (Wildman–Crippen MR) is 150 cm³/mol. The van der Waals surface area contributed by atoms with Crippen LogP contribution >= 0.6 is 0 Å². The summed E-state index contributed by atoms with van der Waals surface area (Å²) in [6, 6.07) is 18.7. The van der Waals surface area contributed by atoms with E-state index in [4.69, 9.17) is 4.74 Å². The number of fused-ring (bicyclic) bond motifs is 1. The van der Waals surface area contributed by atoms with Crippen molar-refractivity contribution in [3.63, 3.8) is 0 Å². The van der Waals surface area contributed by atoms with Gasteiger partial charge in [0, 0.05) is 24.4 Å². The molecule has 1 aliphatic heterocycles. The van der Waals surface area contributed by atoms with Crippen molar-refractivity contribution in [3.05, 3.63) is 58.9 Å². The van der Waals surface area contributed by atoms with Gasteiger partial charge < -0.3 is 9.64 Å². The number of allylic oxidation sites excluding steroid dienone is 2. The van der Waals surface area contributed by atoms with Gasteiger partial charge in [-0.15, -0.1) is 0 Å². The molecule has 5 nitrogen and oxygen atoms in total. The summed E-state index contributed by atoms with van der Waals surface area (Å²) in [4.78, 5) is 2.53. The molecule has 0 unspecified atom stereocenters. The molecule has 37 heavy (non-hydrogen) atoms. The van der Waals surface area contributed by atoms with Crippen LogP contribution in [-0.2, 0) is 4.74 Å². The van der Waals surface area contributed by atoms with Gasteiger partial charge >= 0.3 is 0 Å². The second-order valence-electron chi connectivity index (χ2n) is 10.3. The van der Waals surface area contributed by atoms with E-state index in [1.54, 1.807) is 0 Å². The fourth-order valence-corrected chi connectivity index (χ4v) is 5.09. The number of nitriles is 3. The highest BCUT2D eigenvalue weighted by atomic mass is 16.5. The predicted octanol–water partition coefficient (Wildman–Crippen LogP) is 8.19. The summed E-state index contributed by atoms with van der Waals surface area (Å²) >= 11 is 0. The smallest absolute Gasteiger partial charge is 0.172 e. The van der Waals surface area contributed by atoms with Crippen molar-refractivity contribution in [3.8, 4) is 18.2 Å². The molecular formula is C32H38N4O. The summed E-state index contributed by atoms with van der Waals surface area (Å²) < 4.78 is 5.97. The first-order valence-corrected chi connectivity index (χ1v) is 13.6. The molecule has 0 aliphatic carbocycles. The van der Waals surface area contributed by atoms with Gasteiger partial charge in [0.05, 0.1) is 0 Å². The van der Waals surface area contributed by atoms with E-state index in [2.05, 4.69) is 55.1 Å². The minimum Gasteiger partial charge on any atom is -0.480 e. The Morgan fingerprint density at radius 1 is 0.811 bits per heavy atom. The molecule has 0 bridgehead atoms. The Labute approximate surface area is 222 Å². The van der Waals surface area contributed by atoms with Crippen LogP contribution in [0, 0.1) is 34.0 Å². The maximum absolute atomic E-state index is 9.91. The van der Waals surface area contributed by atoms with Crippen LogP contribution in [0.15, 0.2) is 53.3 Å². The van der Waals surface area contributed by atoms with E-state index in [1.807, 2.05) is 32.1 Å². The highest BCUT2D eigenvalue weighted by molar-refractivity contribution is 5.92. The first-order chi connectivity index (χ1) is 17.9. The minimum atomic E-state index is -0.833. The Bertz CT molecular complexity index is 1270. The lowest BCUT2D eigenvalue weighted by Crippen LogP contribution is -2.25. The zero-order chi connectivity index (χ0) is 26.8. The quantitative estimate of drug-likeness (QED) is 0.219. The number of anilines is 1. The van der Waals surface area contributed by atoms with E-state index in [1.165, 1.54) is 57.1 Å². The number of benzene rings is 2. The van der Waals surface area contributed by atoms with E-state index < -0.39 is 5.60 Å². The summed E-state index contributed by atoms with van der Waals surface area (Å²) in [5.41, 5.74) is 2.07. The molecule has 5 heteroatoms. The summed E-state index contributed by atoms with van der Waals surface area (Å²) in [5.74, 6) is 0.0738. The molecule has 1 aliphatic rings. The van der Waals surface area contributed by atoms with Crippen molar-refractivity contribution in [2.75, 3.05) is 18.0 Å². The van der Waals surface area contributed by atoms with Gasteiger partial charge in [0.25, 0.3) is 0 Å². The van der Waals surface area contributed by atoms with Crippen LogP contribution in [0.1, 0.15) is 84.6 Å². The first kappa shape index (κ1) is 27.8. The lowest BCUT2D eigenvalue weighted by Gasteiger charge is -2.26. The van der Waals surface area contributed by atoms with Gasteiger partial charge in [-0.05, 0) is 61.2 Å². The lowest BCUT2D eigenvalue weighted by molar-refractivity contribution is 0.109. The molecule has 0 spiro atoms. The van der Waals surface area contributed by atoms with Crippen LogP contribution < -0.4 is 4.90 Å². The average Bonchev–Trinajstić information content (AvgIpc) is 3.17. The number of nitrogens with zero attached hydrogens (tertiary/aromatic N) is 4. The third-order valence-electron chi connectivity index (χ3n) is 7.04. The van der Waals surface area contributed by atoms with Gasteiger partial charge in [-0.3, -0.25) is 0 Å². The number of unbranched alkanes of at least 4 members (excludes halogenated alkanes) is 6. The van der Waals surface area contributed by atoms with Gasteiger partial charge in [-0.2, -0.15) is 15.8 Å². The zero-order valence-electron chi connectivity index (χ0n) is 22.7. The molecule has 0 saturated carbocycles. The van der Waals surface area contributed by atoms with Crippen LogP contribution in [0.2, 0.25) is 0 Å². The Hall–Kier alpha value is -3.75. The maximum Gasteiger partial charge on any atom is 0.172 e. The van der Waals surface area contributed by atoms with Crippen molar-refractivity contribution < 1.29 is 4.74 Å². The Morgan fingerprint density at radius 3 is 1.97 bits per heavy atom. The molecule has 1 heterocycles. The van der Waals surface area contributed by atoms with E-state index in [-0.39, 0.29) is 16.9 Å². The molecule has 0 radical (unpaired) electrons. The molecule has 0 fully saturated rings. The summed E-state index contributed by atoms with van der Waals surface area (Å²) in [7, 11) is 0. The van der Waals surface area contributed by atoms with Gasteiger partial charge in [0.15, 0.2) is 11.3 Å². The van der Waals surface area contributed by atoms with Crippen molar-refractivity contribution in [1.82, 2.24) is 0 Å². The Kier molecular flexibility index (Phi) is 9.77. The monoisotopic (exact) mass is 494 g/mol. The van der Waals surface area contributed by atoms with Gasteiger partial charge in [-0.1, -0.05) is 70.6 Å². The highest BCUT2D eigenvalue weighted by Gasteiger charge is 2.40. The van der Waals surface area contributed by atoms with Gasteiger partial charge in [-0.25, -0.2) is 0 Å². The summed E-state index contributed by atoms with van der Waals surface area (Å²) in [5, 5.41) is 30.8. The standard InChI is InChI=1S/C32H38N4O/c1-5-7-9-11-17-36(18-12-10-8-6-2)28-16-15-24-19-26(14-13-25(24)20-28)30-29(23-35)31(27(21-33)22-34)37-32(30,3)4/h13-16,19-20H,5-12,17-18H2,1-4H3. The number of ether oxygens (including phenoxy) is 1. The van der Waals surface area contributed by atoms with Crippen molar-refractivity contribution in [2.24, 2.45) is 0 Å². The molecule has 192 valence electrons. The first-order valence-electron chi connectivity index (χ1n) is 13.6. The van der Waals surface area contributed by atoms with Crippen molar-refractivity contribution in [1.29, 1.82) is 15.8 Å². The fraction of sp³-hybridized carbons (Fsp3) is 0.469. The average molecular weight is 495 g/mol. The molecule has 0 aromatic heterocycles. The molecule has 0 saturated heterocycles.